The summed E-state index contributed by atoms with van der Waals surface area (Å²) in [4.78, 5) is 46.1. The van der Waals surface area contributed by atoms with Crippen molar-refractivity contribution >= 4 is 45.1 Å². The summed E-state index contributed by atoms with van der Waals surface area (Å²) in [6.07, 6.45) is -0.443. The van der Waals surface area contributed by atoms with Crippen LogP contribution in [0.4, 0.5) is 5.00 Å². The zero-order chi connectivity index (χ0) is 27.6. The smallest absolute Gasteiger partial charge is 0.348 e. The Hall–Kier alpha value is -3.81. The Morgan fingerprint density at radius 1 is 1.21 bits per heavy atom. The number of fused-ring (bicyclic) bond motifs is 2. The minimum absolute atomic E-state index is 0.174. The van der Waals surface area contributed by atoms with E-state index in [9.17, 15) is 19.6 Å². The molecule has 198 valence electrons. The van der Waals surface area contributed by atoms with E-state index in [2.05, 4.69) is 24.1 Å². The maximum Gasteiger partial charge on any atom is 0.348 e. The molecule has 9 nitrogen and oxygen atoms in total. The first-order valence-electron chi connectivity index (χ1n) is 12.5. The van der Waals surface area contributed by atoms with Crippen LogP contribution >= 0.6 is 11.3 Å². The summed E-state index contributed by atoms with van der Waals surface area (Å²) in [5, 5.41) is 13.1. The van der Waals surface area contributed by atoms with Crippen LogP contribution < -0.4 is 5.32 Å². The molecule has 4 rings (SSSR count). The number of para-hydroxylation sites is 1. The second kappa shape index (κ2) is 11.3. The number of benzene rings is 1. The minimum atomic E-state index is -1.16. The van der Waals surface area contributed by atoms with Crippen LogP contribution in [-0.4, -0.2) is 53.0 Å². The summed E-state index contributed by atoms with van der Waals surface area (Å²) in [5.74, 6) is -1.78. The van der Waals surface area contributed by atoms with Gasteiger partial charge in [-0.15, -0.1) is 11.3 Å². The van der Waals surface area contributed by atoms with Crippen molar-refractivity contribution in [1.29, 1.82) is 5.26 Å². The molecule has 1 atom stereocenters. The number of esters is 2. The second-order valence-corrected chi connectivity index (χ2v) is 10.4. The molecule has 0 spiro atoms. The average molecular weight is 535 g/mol. The van der Waals surface area contributed by atoms with Gasteiger partial charge in [-0.1, -0.05) is 18.2 Å². The molecule has 1 aliphatic heterocycles. The molecular weight excluding hydrogens is 504 g/mol. The van der Waals surface area contributed by atoms with Gasteiger partial charge in [0.1, 0.15) is 15.9 Å². The molecule has 2 aromatic heterocycles. The molecule has 0 radical (unpaired) electrons. The first-order valence-corrected chi connectivity index (χ1v) is 13.3. The SMILES string of the molecule is CCOC(=O)c1sc(NC(=O)C(C)OC(=O)c2c3c(nc4ccccc24)CCN(C(C)C)C3)c(C#N)c1C. The van der Waals surface area contributed by atoms with Gasteiger partial charge in [0.25, 0.3) is 5.91 Å². The maximum atomic E-state index is 13.6. The lowest BCUT2D eigenvalue weighted by Gasteiger charge is -2.32. The summed E-state index contributed by atoms with van der Waals surface area (Å²) < 4.78 is 10.7. The van der Waals surface area contributed by atoms with Gasteiger partial charge in [0.05, 0.1) is 23.3 Å². The number of hydrogen-bond donors (Lipinski definition) is 1. The molecule has 1 aromatic carbocycles. The lowest BCUT2D eigenvalue weighted by Crippen LogP contribution is -2.37. The first-order chi connectivity index (χ1) is 18.2. The third-order valence-corrected chi connectivity index (χ3v) is 7.81. The number of nitrogens with one attached hydrogen (secondary N) is 1. The highest BCUT2D eigenvalue weighted by molar-refractivity contribution is 7.18. The van der Waals surface area contributed by atoms with Crippen molar-refractivity contribution in [1.82, 2.24) is 9.88 Å². The predicted octanol–water partition coefficient (Wildman–Crippen LogP) is 4.60. The van der Waals surface area contributed by atoms with Gasteiger partial charge in [-0.3, -0.25) is 14.7 Å². The number of hydrogen-bond acceptors (Lipinski definition) is 9. The Morgan fingerprint density at radius 3 is 2.63 bits per heavy atom. The molecule has 1 unspecified atom stereocenters. The number of pyridine rings is 1. The second-order valence-electron chi connectivity index (χ2n) is 9.37. The van der Waals surface area contributed by atoms with Gasteiger partial charge in [-0.25, -0.2) is 9.59 Å². The van der Waals surface area contributed by atoms with Gasteiger partial charge in [0, 0.05) is 42.2 Å². The summed E-state index contributed by atoms with van der Waals surface area (Å²) in [6.45, 7) is 10.6. The lowest BCUT2D eigenvalue weighted by molar-refractivity contribution is -0.123. The molecular formula is C28H30N4O5S. The van der Waals surface area contributed by atoms with Crippen LogP contribution in [0.3, 0.4) is 0 Å². The molecule has 0 fully saturated rings. The van der Waals surface area contributed by atoms with Gasteiger partial charge >= 0.3 is 11.9 Å². The van der Waals surface area contributed by atoms with Crippen molar-refractivity contribution in [2.45, 2.75) is 59.7 Å². The fourth-order valence-electron chi connectivity index (χ4n) is 4.50. The van der Waals surface area contributed by atoms with Crippen LogP contribution in [-0.2, 0) is 27.2 Å². The van der Waals surface area contributed by atoms with Crippen LogP contribution in [0.2, 0.25) is 0 Å². The van der Waals surface area contributed by atoms with Gasteiger partial charge in [-0.05, 0) is 46.2 Å². The monoisotopic (exact) mass is 534 g/mol. The topological polar surface area (TPSA) is 122 Å². The van der Waals surface area contributed by atoms with Crippen molar-refractivity contribution in [2.24, 2.45) is 0 Å². The normalized spacial score (nSPS) is 14.0. The van der Waals surface area contributed by atoms with Gasteiger partial charge in [-0.2, -0.15) is 5.26 Å². The minimum Gasteiger partial charge on any atom is -0.462 e. The molecule has 38 heavy (non-hydrogen) atoms. The highest BCUT2D eigenvalue weighted by Gasteiger charge is 2.30. The van der Waals surface area contributed by atoms with Crippen molar-refractivity contribution in [2.75, 3.05) is 18.5 Å². The first kappa shape index (κ1) is 27.2. The third kappa shape index (κ3) is 5.26. The molecule has 10 heteroatoms. The molecule has 1 amide bonds. The van der Waals surface area contributed by atoms with Gasteiger partial charge in [0.15, 0.2) is 6.10 Å². The van der Waals surface area contributed by atoms with Crippen LogP contribution in [0.15, 0.2) is 24.3 Å². The average Bonchev–Trinajstić information content (AvgIpc) is 3.21. The van der Waals surface area contributed by atoms with Gasteiger partial charge < -0.3 is 14.8 Å². The number of ether oxygens (including phenoxy) is 2. The van der Waals surface area contributed by atoms with Gasteiger partial charge in [0.2, 0.25) is 0 Å². The Labute approximate surface area is 225 Å². The van der Waals surface area contributed by atoms with E-state index < -0.39 is 23.9 Å². The van der Waals surface area contributed by atoms with Crippen molar-refractivity contribution in [3.63, 3.8) is 0 Å². The number of nitriles is 1. The maximum absolute atomic E-state index is 13.6. The van der Waals surface area contributed by atoms with Crippen LogP contribution in [0.25, 0.3) is 10.9 Å². The fraction of sp³-hybridized carbons (Fsp3) is 0.393. The zero-order valence-electron chi connectivity index (χ0n) is 22.1. The number of rotatable bonds is 7. The molecule has 0 saturated carbocycles. The van der Waals surface area contributed by atoms with Crippen molar-refractivity contribution in [3.8, 4) is 6.07 Å². The van der Waals surface area contributed by atoms with E-state index in [0.717, 1.165) is 29.1 Å². The highest BCUT2D eigenvalue weighted by Crippen LogP contribution is 2.34. The lowest BCUT2D eigenvalue weighted by atomic mass is 9.95. The molecule has 0 bridgehead atoms. The fourth-order valence-corrected chi connectivity index (χ4v) is 5.55. The predicted molar refractivity (Wildman–Crippen MR) is 144 cm³/mol. The van der Waals surface area contributed by atoms with Crippen LogP contribution in [0, 0.1) is 18.3 Å². The largest absolute Gasteiger partial charge is 0.462 e. The summed E-state index contributed by atoms with van der Waals surface area (Å²) >= 11 is 0.960. The van der Waals surface area contributed by atoms with E-state index in [0.29, 0.717) is 41.0 Å². The number of aromatic nitrogens is 1. The zero-order valence-corrected chi connectivity index (χ0v) is 22.9. The Kier molecular flexibility index (Phi) is 8.09. The molecule has 1 aliphatic rings. The quantitative estimate of drug-likeness (QED) is 0.437. The molecule has 0 saturated heterocycles. The summed E-state index contributed by atoms with van der Waals surface area (Å²) in [7, 11) is 0. The summed E-state index contributed by atoms with van der Waals surface area (Å²) in [5.41, 5.74) is 3.41. The van der Waals surface area contributed by atoms with Crippen LogP contribution in [0.1, 0.15) is 70.1 Å². The molecule has 0 aliphatic carbocycles. The van der Waals surface area contributed by atoms with E-state index >= 15 is 0 Å². The number of carbonyl (C=O) groups is 3. The molecule has 3 heterocycles. The van der Waals surface area contributed by atoms with E-state index in [1.807, 2.05) is 30.3 Å². The number of amides is 1. The highest BCUT2D eigenvalue weighted by atomic mass is 32.1. The number of anilines is 1. The number of thiophene rings is 1. The van der Waals surface area contributed by atoms with E-state index in [4.69, 9.17) is 14.5 Å². The molecule has 1 N–H and O–H groups in total. The van der Waals surface area contributed by atoms with E-state index in [-0.39, 0.29) is 22.0 Å². The van der Waals surface area contributed by atoms with E-state index in [1.165, 1.54) is 6.92 Å². The Balaban J connectivity index is 1.60. The standard InChI is InChI=1S/C28H30N4O5S/c1-6-36-28(35)24-16(4)19(13-29)26(38-24)31-25(33)17(5)37-27(34)23-18-9-7-8-10-21(18)30-22-11-12-32(15(2)3)14-20(22)23/h7-10,15,17H,6,11-12,14H2,1-5H3,(H,31,33). The van der Waals surface area contributed by atoms with Crippen molar-refractivity contribution < 1.29 is 23.9 Å². The molecule has 3 aromatic rings. The summed E-state index contributed by atoms with van der Waals surface area (Å²) in [6, 6.07) is 9.74. The number of nitrogens with zero attached hydrogens (tertiary/aromatic N) is 3. The van der Waals surface area contributed by atoms with E-state index in [1.54, 1.807) is 13.8 Å². The van der Waals surface area contributed by atoms with Crippen LogP contribution in [0.5, 0.6) is 0 Å². The number of carbonyl (C=O) groups excluding carboxylic acids is 3. The third-order valence-electron chi connectivity index (χ3n) is 6.62. The Morgan fingerprint density at radius 2 is 1.95 bits per heavy atom. The Bertz CT molecular complexity index is 1460. The van der Waals surface area contributed by atoms with Crippen molar-refractivity contribution in [3.05, 3.63) is 57.1 Å².